The van der Waals surface area contributed by atoms with Crippen molar-refractivity contribution in [1.82, 2.24) is 0 Å². The first kappa shape index (κ1) is 8.41. The maximum atomic E-state index is 3.49. The number of rotatable bonds is 1. The van der Waals surface area contributed by atoms with E-state index in [-0.39, 0.29) is 0 Å². The van der Waals surface area contributed by atoms with Gasteiger partial charge in [-0.25, -0.2) is 0 Å². The molecule has 10 heavy (non-hydrogen) atoms. The SMILES string of the molecule is CCC1C=C(C)SC(Br)=C1. The lowest BCUT2D eigenvalue weighted by atomic mass is 10.1. The molecule has 0 aromatic heterocycles. The standard InChI is InChI=1S/C8H11BrS/c1-3-7-4-6(2)10-8(9)5-7/h4-5,7H,3H2,1-2H3. The Bertz CT molecular complexity index is 164. The van der Waals surface area contributed by atoms with Crippen LogP contribution in [-0.4, -0.2) is 0 Å². The summed E-state index contributed by atoms with van der Waals surface area (Å²) in [5.74, 6) is 0.649. The van der Waals surface area contributed by atoms with Gasteiger partial charge in [0.25, 0.3) is 0 Å². The van der Waals surface area contributed by atoms with Crippen molar-refractivity contribution in [3.05, 3.63) is 20.9 Å². The maximum Gasteiger partial charge on any atom is 0.0514 e. The van der Waals surface area contributed by atoms with E-state index < -0.39 is 0 Å². The molecular formula is C8H11BrS. The van der Waals surface area contributed by atoms with E-state index in [1.165, 1.54) is 15.1 Å². The van der Waals surface area contributed by atoms with Crippen molar-refractivity contribution in [1.29, 1.82) is 0 Å². The first-order valence-electron chi connectivity index (χ1n) is 3.46. The molecule has 0 radical (unpaired) electrons. The van der Waals surface area contributed by atoms with Crippen LogP contribution < -0.4 is 0 Å². The molecule has 56 valence electrons. The zero-order valence-corrected chi connectivity index (χ0v) is 8.63. The van der Waals surface area contributed by atoms with Crippen LogP contribution in [0.2, 0.25) is 0 Å². The van der Waals surface area contributed by atoms with Crippen LogP contribution in [0.15, 0.2) is 20.9 Å². The van der Waals surface area contributed by atoms with Crippen LogP contribution in [0.1, 0.15) is 20.3 Å². The van der Waals surface area contributed by atoms with Crippen LogP contribution in [0.25, 0.3) is 0 Å². The summed E-state index contributed by atoms with van der Waals surface area (Å²) >= 11 is 5.29. The highest BCUT2D eigenvalue weighted by Gasteiger charge is 2.08. The molecule has 0 fully saturated rings. The van der Waals surface area contributed by atoms with Gasteiger partial charge in [-0.2, -0.15) is 0 Å². The van der Waals surface area contributed by atoms with E-state index in [9.17, 15) is 0 Å². The van der Waals surface area contributed by atoms with E-state index in [1.807, 2.05) is 0 Å². The largest absolute Gasteiger partial charge is 0.0879 e. The van der Waals surface area contributed by atoms with Gasteiger partial charge in [0.15, 0.2) is 0 Å². The van der Waals surface area contributed by atoms with E-state index >= 15 is 0 Å². The van der Waals surface area contributed by atoms with Crippen molar-refractivity contribution >= 4 is 27.7 Å². The fourth-order valence-electron chi connectivity index (χ4n) is 0.975. The lowest BCUT2D eigenvalue weighted by Crippen LogP contribution is -1.93. The Labute approximate surface area is 74.9 Å². The third-order valence-corrected chi connectivity index (χ3v) is 3.06. The molecule has 1 heterocycles. The minimum Gasteiger partial charge on any atom is -0.0879 e. The molecule has 0 aliphatic carbocycles. The second kappa shape index (κ2) is 3.63. The van der Waals surface area contributed by atoms with E-state index in [4.69, 9.17) is 0 Å². The van der Waals surface area contributed by atoms with Crippen LogP contribution in [0.4, 0.5) is 0 Å². The Morgan fingerprint density at radius 3 is 2.80 bits per heavy atom. The van der Waals surface area contributed by atoms with E-state index in [0.29, 0.717) is 5.92 Å². The summed E-state index contributed by atoms with van der Waals surface area (Å²) in [7, 11) is 0. The highest BCUT2D eigenvalue weighted by molar-refractivity contribution is 9.14. The molecule has 0 amide bonds. The van der Waals surface area contributed by atoms with Crippen LogP contribution in [0, 0.1) is 5.92 Å². The van der Waals surface area contributed by atoms with Crippen LogP contribution in [0.3, 0.4) is 0 Å². The van der Waals surface area contributed by atoms with Crippen molar-refractivity contribution in [3.8, 4) is 0 Å². The molecule has 0 saturated heterocycles. The average Bonchev–Trinajstić information content (AvgIpc) is 1.85. The third kappa shape index (κ3) is 2.17. The number of hydrogen-bond donors (Lipinski definition) is 0. The molecule has 0 N–H and O–H groups in total. The first-order valence-corrected chi connectivity index (χ1v) is 5.07. The predicted molar refractivity (Wildman–Crippen MR) is 52.1 cm³/mol. The summed E-state index contributed by atoms with van der Waals surface area (Å²) in [6.45, 7) is 4.36. The molecule has 0 aromatic rings. The van der Waals surface area contributed by atoms with Gasteiger partial charge in [0, 0.05) is 0 Å². The molecule has 0 nitrogen and oxygen atoms in total. The third-order valence-electron chi connectivity index (χ3n) is 1.52. The van der Waals surface area contributed by atoms with Crippen LogP contribution in [-0.2, 0) is 0 Å². The molecule has 0 spiro atoms. The summed E-state index contributed by atoms with van der Waals surface area (Å²) < 4.78 is 1.26. The molecule has 0 bridgehead atoms. The van der Waals surface area contributed by atoms with Crippen molar-refractivity contribution in [3.63, 3.8) is 0 Å². The molecule has 1 rings (SSSR count). The Hall–Kier alpha value is 0.310. The Kier molecular flexibility index (Phi) is 3.05. The number of halogens is 1. The van der Waals surface area contributed by atoms with Crippen LogP contribution >= 0.6 is 27.7 Å². The van der Waals surface area contributed by atoms with Gasteiger partial charge < -0.3 is 0 Å². The summed E-state index contributed by atoms with van der Waals surface area (Å²) in [4.78, 5) is 1.40. The normalized spacial score (nSPS) is 25.7. The number of hydrogen-bond acceptors (Lipinski definition) is 1. The summed E-state index contributed by atoms with van der Waals surface area (Å²) in [6, 6.07) is 0. The molecule has 2 heteroatoms. The van der Waals surface area contributed by atoms with Gasteiger partial charge in [0.2, 0.25) is 0 Å². The highest BCUT2D eigenvalue weighted by atomic mass is 79.9. The lowest BCUT2D eigenvalue weighted by Gasteiger charge is -2.13. The smallest absolute Gasteiger partial charge is 0.0514 e. The number of thioether (sulfide) groups is 1. The summed E-state index contributed by atoms with van der Waals surface area (Å²) in [5.41, 5.74) is 0. The predicted octanol–water partition coefficient (Wildman–Crippen LogP) is 3.90. The van der Waals surface area contributed by atoms with Gasteiger partial charge >= 0.3 is 0 Å². The van der Waals surface area contributed by atoms with Crippen molar-refractivity contribution < 1.29 is 0 Å². The Balaban J connectivity index is 2.67. The van der Waals surface area contributed by atoms with E-state index in [1.54, 1.807) is 11.8 Å². The topological polar surface area (TPSA) is 0 Å². The quantitative estimate of drug-likeness (QED) is 0.644. The van der Waals surface area contributed by atoms with Crippen molar-refractivity contribution in [2.24, 2.45) is 5.92 Å². The average molecular weight is 219 g/mol. The number of allylic oxidation sites excluding steroid dienone is 3. The van der Waals surface area contributed by atoms with Gasteiger partial charge in [-0.3, -0.25) is 0 Å². The molecule has 1 aliphatic rings. The molecular weight excluding hydrogens is 208 g/mol. The molecule has 1 aliphatic heterocycles. The maximum absolute atomic E-state index is 3.49. The Morgan fingerprint density at radius 2 is 2.30 bits per heavy atom. The minimum atomic E-state index is 0.649. The molecule has 1 atom stereocenters. The Morgan fingerprint density at radius 1 is 1.60 bits per heavy atom. The zero-order chi connectivity index (χ0) is 7.56. The van der Waals surface area contributed by atoms with E-state index in [0.717, 1.165) is 0 Å². The van der Waals surface area contributed by atoms with Gasteiger partial charge in [0.05, 0.1) is 3.81 Å². The molecule has 0 saturated carbocycles. The lowest BCUT2D eigenvalue weighted by molar-refractivity contribution is 0.770. The zero-order valence-electron chi connectivity index (χ0n) is 6.23. The fraction of sp³-hybridized carbons (Fsp3) is 0.500. The van der Waals surface area contributed by atoms with Crippen molar-refractivity contribution in [2.75, 3.05) is 0 Å². The first-order chi connectivity index (χ1) is 4.72. The molecule has 0 aromatic carbocycles. The van der Waals surface area contributed by atoms with Gasteiger partial charge in [-0.1, -0.05) is 30.8 Å². The van der Waals surface area contributed by atoms with E-state index in [2.05, 4.69) is 41.9 Å². The fourth-order valence-corrected chi connectivity index (χ4v) is 2.87. The highest BCUT2D eigenvalue weighted by Crippen LogP contribution is 2.36. The minimum absolute atomic E-state index is 0.649. The molecule has 1 unspecified atom stereocenters. The summed E-state index contributed by atoms with van der Waals surface area (Å²) in [6.07, 6.45) is 5.78. The van der Waals surface area contributed by atoms with Crippen LogP contribution in [0.5, 0.6) is 0 Å². The monoisotopic (exact) mass is 218 g/mol. The second-order valence-corrected chi connectivity index (χ2v) is 5.09. The summed E-state index contributed by atoms with van der Waals surface area (Å²) in [5, 5.41) is 0. The van der Waals surface area contributed by atoms with Crippen molar-refractivity contribution in [2.45, 2.75) is 20.3 Å². The van der Waals surface area contributed by atoms with Gasteiger partial charge in [0.1, 0.15) is 0 Å². The van der Waals surface area contributed by atoms with Gasteiger partial charge in [-0.05, 0) is 40.1 Å². The van der Waals surface area contributed by atoms with Gasteiger partial charge in [-0.15, -0.1) is 0 Å². The second-order valence-electron chi connectivity index (χ2n) is 2.42.